The number of Topliss-reactive ketones (excluding diaryl/α,β-unsaturated/α-hetero) is 1. The van der Waals surface area contributed by atoms with Gasteiger partial charge in [0.1, 0.15) is 17.3 Å². The van der Waals surface area contributed by atoms with Crippen LogP contribution in [0.4, 0.5) is 11.4 Å². The molecule has 0 saturated carbocycles. The molecule has 1 unspecified atom stereocenters. The molecule has 1 N–H and O–H groups in total. The second-order valence-corrected chi connectivity index (χ2v) is 11.2. The van der Waals surface area contributed by atoms with Crippen LogP contribution in [0.5, 0.6) is 11.5 Å². The van der Waals surface area contributed by atoms with Gasteiger partial charge in [-0.15, -0.1) is 0 Å². The van der Waals surface area contributed by atoms with Gasteiger partial charge in [0, 0.05) is 42.7 Å². The Hall–Kier alpha value is -4.26. The highest BCUT2D eigenvalue weighted by Crippen LogP contribution is 2.44. The highest BCUT2D eigenvalue weighted by atomic mass is 16.5. The van der Waals surface area contributed by atoms with Crippen molar-refractivity contribution in [3.8, 4) is 11.5 Å². The molecule has 210 valence electrons. The fourth-order valence-electron chi connectivity index (χ4n) is 4.91. The largest absolute Gasteiger partial charge is 0.507 e. The number of aliphatic hydroxyl groups is 1. The van der Waals surface area contributed by atoms with Crippen LogP contribution in [0.2, 0.25) is 0 Å². The highest BCUT2D eigenvalue weighted by molar-refractivity contribution is 6.51. The number of amides is 1. The average Bonchev–Trinajstić information content (AvgIpc) is 3.20. The third kappa shape index (κ3) is 5.55. The Balaban J connectivity index is 1.92. The van der Waals surface area contributed by atoms with Gasteiger partial charge in [-0.25, -0.2) is 0 Å². The Morgan fingerprint density at radius 1 is 1.00 bits per heavy atom. The van der Waals surface area contributed by atoms with Gasteiger partial charge in [-0.05, 0) is 59.9 Å². The predicted octanol–water partition coefficient (Wildman–Crippen LogP) is 6.47. The SMILES string of the molecule is CCCOc1cccc(N2C(=O)C(=O)/C(=C(\O)c3ccc(OC)c(C(C)(C)C)c3)C2c2ccc(N(C)C)cc2)c1. The van der Waals surface area contributed by atoms with Crippen LogP contribution >= 0.6 is 0 Å². The number of carbonyl (C=O) groups is 2. The van der Waals surface area contributed by atoms with Gasteiger partial charge in [0.05, 0.1) is 25.3 Å². The zero-order chi connectivity index (χ0) is 29.2. The van der Waals surface area contributed by atoms with Crippen molar-refractivity contribution >= 4 is 28.8 Å². The molecule has 7 nitrogen and oxygen atoms in total. The van der Waals surface area contributed by atoms with Crippen molar-refractivity contribution in [2.45, 2.75) is 45.6 Å². The monoisotopic (exact) mass is 542 g/mol. The lowest BCUT2D eigenvalue weighted by atomic mass is 9.84. The molecule has 4 rings (SSSR count). The molecule has 1 heterocycles. The Kier molecular flexibility index (Phi) is 8.24. The molecule has 0 aliphatic carbocycles. The fourth-order valence-corrected chi connectivity index (χ4v) is 4.91. The minimum Gasteiger partial charge on any atom is -0.507 e. The molecule has 7 heteroatoms. The number of hydrogen-bond acceptors (Lipinski definition) is 6. The Morgan fingerprint density at radius 3 is 2.30 bits per heavy atom. The highest BCUT2D eigenvalue weighted by Gasteiger charge is 2.47. The maximum atomic E-state index is 13.7. The smallest absolute Gasteiger partial charge is 0.300 e. The molecule has 0 spiro atoms. The standard InChI is InChI=1S/C33H38N2O5/c1-8-18-40-25-11-9-10-24(20-25)35-29(21-12-15-23(16-13-21)34(5)6)28(31(37)32(35)38)30(36)22-14-17-27(39-7)26(19-22)33(2,3)4/h9-17,19-20,29,36H,8,18H2,1-7H3/b30-28-. The number of anilines is 2. The first-order valence-corrected chi connectivity index (χ1v) is 13.5. The Labute approximate surface area is 236 Å². The summed E-state index contributed by atoms with van der Waals surface area (Å²) in [5.74, 6) is -0.390. The van der Waals surface area contributed by atoms with E-state index in [1.165, 1.54) is 4.90 Å². The summed E-state index contributed by atoms with van der Waals surface area (Å²) in [5.41, 5.74) is 3.26. The topological polar surface area (TPSA) is 79.3 Å². The van der Waals surface area contributed by atoms with E-state index in [0.717, 1.165) is 17.7 Å². The van der Waals surface area contributed by atoms with E-state index >= 15 is 0 Å². The third-order valence-corrected chi connectivity index (χ3v) is 7.02. The minimum absolute atomic E-state index is 0.0347. The first kappa shape index (κ1) is 28.7. The van der Waals surface area contributed by atoms with Crippen LogP contribution in [0.1, 0.15) is 56.8 Å². The first-order chi connectivity index (χ1) is 19.0. The summed E-state index contributed by atoms with van der Waals surface area (Å²) in [6, 6.07) is 19.3. The lowest BCUT2D eigenvalue weighted by molar-refractivity contribution is -0.132. The Morgan fingerprint density at radius 2 is 1.70 bits per heavy atom. The number of rotatable bonds is 8. The maximum Gasteiger partial charge on any atom is 0.300 e. The van der Waals surface area contributed by atoms with Crippen LogP contribution in [-0.4, -0.2) is 44.6 Å². The lowest BCUT2D eigenvalue weighted by Gasteiger charge is -2.27. The van der Waals surface area contributed by atoms with Crippen LogP contribution in [0.25, 0.3) is 5.76 Å². The molecule has 1 saturated heterocycles. The summed E-state index contributed by atoms with van der Waals surface area (Å²) in [5, 5.41) is 11.7. The van der Waals surface area contributed by atoms with Crippen molar-refractivity contribution in [2.75, 3.05) is 37.6 Å². The molecule has 1 atom stereocenters. The summed E-state index contributed by atoms with van der Waals surface area (Å²) in [4.78, 5) is 30.7. The van der Waals surface area contributed by atoms with Crippen LogP contribution < -0.4 is 19.3 Å². The van der Waals surface area contributed by atoms with E-state index in [0.29, 0.717) is 34.9 Å². The molecule has 3 aromatic carbocycles. The van der Waals surface area contributed by atoms with Crippen molar-refractivity contribution in [1.82, 2.24) is 0 Å². The van der Waals surface area contributed by atoms with Crippen LogP contribution in [0, 0.1) is 0 Å². The van der Waals surface area contributed by atoms with Gasteiger partial charge in [0.15, 0.2) is 0 Å². The van der Waals surface area contributed by atoms with Gasteiger partial charge in [-0.3, -0.25) is 14.5 Å². The quantitative estimate of drug-likeness (QED) is 0.200. The summed E-state index contributed by atoms with van der Waals surface area (Å²) in [6.45, 7) is 8.70. The van der Waals surface area contributed by atoms with E-state index in [-0.39, 0.29) is 16.7 Å². The minimum atomic E-state index is -0.835. The predicted molar refractivity (Wildman–Crippen MR) is 159 cm³/mol. The molecule has 0 radical (unpaired) electrons. The zero-order valence-corrected chi connectivity index (χ0v) is 24.3. The van der Waals surface area contributed by atoms with Gasteiger partial charge in [0.25, 0.3) is 11.7 Å². The van der Waals surface area contributed by atoms with Crippen LogP contribution in [0.15, 0.2) is 72.3 Å². The van der Waals surface area contributed by atoms with Gasteiger partial charge in [0.2, 0.25) is 0 Å². The van der Waals surface area contributed by atoms with Gasteiger partial charge in [-0.2, -0.15) is 0 Å². The third-order valence-electron chi connectivity index (χ3n) is 7.02. The summed E-state index contributed by atoms with van der Waals surface area (Å²) >= 11 is 0. The number of methoxy groups -OCH3 is 1. The number of carbonyl (C=O) groups excluding carboxylic acids is 2. The van der Waals surface area contributed by atoms with Crippen molar-refractivity contribution < 1.29 is 24.2 Å². The van der Waals surface area contributed by atoms with E-state index < -0.39 is 17.7 Å². The molecule has 40 heavy (non-hydrogen) atoms. The van der Waals surface area contributed by atoms with Gasteiger partial charge >= 0.3 is 0 Å². The van der Waals surface area contributed by atoms with Crippen molar-refractivity contribution in [2.24, 2.45) is 0 Å². The number of hydrogen-bond donors (Lipinski definition) is 1. The lowest BCUT2D eigenvalue weighted by Crippen LogP contribution is -2.29. The van der Waals surface area contributed by atoms with Gasteiger partial charge < -0.3 is 19.5 Å². The normalized spacial score (nSPS) is 16.8. The van der Waals surface area contributed by atoms with Crippen molar-refractivity contribution in [1.29, 1.82) is 0 Å². The van der Waals surface area contributed by atoms with Crippen LogP contribution in [0.3, 0.4) is 0 Å². The molecule has 0 aromatic heterocycles. The van der Waals surface area contributed by atoms with E-state index in [4.69, 9.17) is 9.47 Å². The first-order valence-electron chi connectivity index (χ1n) is 13.5. The van der Waals surface area contributed by atoms with Gasteiger partial charge in [-0.1, -0.05) is 45.9 Å². The molecule has 0 bridgehead atoms. The molecule has 3 aromatic rings. The fraction of sp³-hybridized carbons (Fsp3) is 0.333. The van der Waals surface area contributed by atoms with E-state index in [1.54, 1.807) is 37.4 Å². The van der Waals surface area contributed by atoms with Crippen molar-refractivity contribution in [3.63, 3.8) is 0 Å². The second kappa shape index (κ2) is 11.5. The average molecular weight is 543 g/mol. The summed E-state index contributed by atoms with van der Waals surface area (Å²) in [6.07, 6.45) is 0.839. The zero-order valence-electron chi connectivity index (χ0n) is 24.3. The number of ether oxygens (including phenoxy) is 2. The molecule has 1 fully saturated rings. The summed E-state index contributed by atoms with van der Waals surface area (Å²) in [7, 11) is 5.49. The maximum absolute atomic E-state index is 13.7. The number of nitrogens with zero attached hydrogens (tertiary/aromatic N) is 2. The van der Waals surface area contributed by atoms with E-state index in [9.17, 15) is 14.7 Å². The molecular formula is C33H38N2O5. The molecule has 1 aliphatic rings. The Bertz CT molecular complexity index is 1430. The van der Waals surface area contributed by atoms with E-state index in [2.05, 4.69) is 0 Å². The summed E-state index contributed by atoms with van der Waals surface area (Å²) < 4.78 is 11.4. The molecular weight excluding hydrogens is 504 g/mol. The van der Waals surface area contributed by atoms with Crippen molar-refractivity contribution in [3.05, 3.63) is 89.0 Å². The second-order valence-electron chi connectivity index (χ2n) is 11.2. The number of ketones is 1. The molecule has 1 aliphatic heterocycles. The number of aliphatic hydroxyl groups excluding tert-OH is 1. The van der Waals surface area contributed by atoms with E-state index in [1.807, 2.05) is 83.1 Å². The molecule has 1 amide bonds. The number of benzene rings is 3. The van der Waals surface area contributed by atoms with Crippen LogP contribution in [-0.2, 0) is 15.0 Å².